The molecular weight excluding hydrogens is 284 g/mol. The van der Waals surface area contributed by atoms with Crippen molar-refractivity contribution in [3.05, 3.63) is 0 Å². The Morgan fingerprint density at radius 1 is 1.18 bits per heavy atom. The summed E-state index contributed by atoms with van der Waals surface area (Å²) in [5, 5.41) is 25.6. The van der Waals surface area contributed by atoms with Crippen molar-refractivity contribution in [3.8, 4) is 0 Å². The van der Waals surface area contributed by atoms with Gasteiger partial charge in [-0.25, -0.2) is 0 Å². The molecule has 0 aromatic rings. The van der Waals surface area contributed by atoms with Crippen LogP contribution in [0.3, 0.4) is 0 Å². The molecule has 0 spiro atoms. The summed E-state index contributed by atoms with van der Waals surface area (Å²) in [4.78, 5) is 0. The largest absolute Gasteiger partial charge is 0.391 e. The number of hydrogen-bond acceptors (Lipinski definition) is 5. The Balaban J connectivity index is 0. The third-order valence-corrected chi connectivity index (χ3v) is 3.13. The van der Waals surface area contributed by atoms with E-state index in [2.05, 4.69) is 6.92 Å². The molecular formula is C17H38O5. The van der Waals surface area contributed by atoms with Crippen molar-refractivity contribution in [1.82, 2.24) is 0 Å². The quantitative estimate of drug-likeness (QED) is 0.473. The highest BCUT2D eigenvalue weighted by atomic mass is 16.6. The molecule has 1 rings (SSSR count). The molecule has 3 N–H and O–H groups in total. The fourth-order valence-corrected chi connectivity index (χ4v) is 2.16. The minimum absolute atomic E-state index is 0. The minimum Gasteiger partial charge on any atom is -0.391 e. The van der Waals surface area contributed by atoms with Gasteiger partial charge in [0.05, 0.1) is 12.2 Å². The number of aliphatic hydroxyl groups is 3. The lowest BCUT2D eigenvalue weighted by Gasteiger charge is -2.21. The molecule has 5 heteroatoms. The van der Waals surface area contributed by atoms with Crippen LogP contribution in [-0.2, 0) is 9.47 Å². The van der Waals surface area contributed by atoms with Gasteiger partial charge in [0.15, 0.2) is 5.79 Å². The van der Waals surface area contributed by atoms with E-state index in [1.165, 1.54) is 39.5 Å². The standard InChI is InChI=1S/C13H26O3.C3H8O2.CH4/c1-3-4-5-6-7-9-15-12-8-10-16-13(12)11(2)14;1-3(2,4)5;/h11-14H,3-10H2,1-2H3;4-5H,1-2H3;1H4. The zero-order valence-electron chi connectivity index (χ0n) is 14.0. The van der Waals surface area contributed by atoms with Gasteiger partial charge < -0.3 is 24.8 Å². The fourth-order valence-electron chi connectivity index (χ4n) is 2.16. The molecule has 0 aromatic carbocycles. The van der Waals surface area contributed by atoms with E-state index in [0.717, 1.165) is 26.1 Å². The SMILES string of the molecule is C.CC(C)(O)O.CCCCCCCOC1CCOC1C(C)O. The van der Waals surface area contributed by atoms with Crippen molar-refractivity contribution in [1.29, 1.82) is 0 Å². The third-order valence-electron chi connectivity index (χ3n) is 3.13. The number of aliphatic hydroxyl groups excluding tert-OH is 1. The van der Waals surface area contributed by atoms with Crippen LogP contribution in [0, 0.1) is 0 Å². The molecule has 3 atom stereocenters. The highest BCUT2D eigenvalue weighted by Crippen LogP contribution is 2.20. The van der Waals surface area contributed by atoms with Crippen LogP contribution in [0.1, 0.15) is 73.6 Å². The first-order valence-electron chi connectivity index (χ1n) is 8.11. The number of unbranched alkanes of at least 4 members (excludes halogenated alkanes) is 4. The van der Waals surface area contributed by atoms with Crippen molar-refractivity contribution in [2.45, 2.75) is 97.7 Å². The van der Waals surface area contributed by atoms with Crippen LogP contribution in [0.4, 0.5) is 0 Å². The first kappa shape index (κ1) is 24.1. The monoisotopic (exact) mass is 322 g/mol. The average Bonchev–Trinajstić information content (AvgIpc) is 2.80. The minimum atomic E-state index is -1.50. The molecule has 1 heterocycles. The van der Waals surface area contributed by atoms with Gasteiger partial charge in [-0.2, -0.15) is 0 Å². The van der Waals surface area contributed by atoms with Gasteiger partial charge in [0.1, 0.15) is 6.10 Å². The van der Waals surface area contributed by atoms with Crippen molar-refractivity contribution in [2.75, 3.05) is 13.2 Å². The van der Waals surface area contributed by atoms with E-state index in [0.29, 0.717) is 0 Å². The van der Waals surface area contributed by atoms with E-state index in [9.17, 15) is 5.11 Å². The maximum absolute atomic E-state index is 9.49. The summed E-state index contributed by atoms with van der Waals surface area (Å²) in [7, 11) is 0. The highest BCUT2D eigenvalue weighted by Gasteiger charge is 2.32. The Morgan fingerprint density at radius 3 is 2.23 bits per heavy atom. The molecule has 0 bridgehead atoms. The van der Waals surface area contributed by atoms with Crippen LogP contribution in [0.5, 0.6) is 0 Å². The molecule has 136 valence electrons. The zero-order valence-corrected chi connectivity index (χ0v) is 14.0. The first-order valence-corrected chi connectivity index (χ1v) is 8.11. The van der Waals surface area contributed by atoms with Gasteiger partial charge in [0.2, 0.25) is 0 Å². The van der Waals surface area contributed by atoms with E-state index in [1.807, 2.05) is 0 Å². The Labute approximate surface area is 136 Å². The smallest absolute Gasteiger partial charge is 0.156 e. The van der Waals surface area contributed by atoms with Gasteiger partial charge >= 0.3 is 0 Å². The Morgan fingerprint density at radius 2 is 1.73 bits per heavy atom. The first-order chi connectivity index (χ1) is 9.75. The van der Waals surface area contributed by atoms with Gasteiger partial charge in [-0.3, -0.25) is 0 Å². The summed E-state index contributed by atoms with van der Waals surface area (Å²) in [6.07, 6.45) is 6.77. The number of ether oxygens (including phenoxy) is 2. The second-order valence-electron chi connectivity index (χ2n) is 6.18. The molecule has 1 saturated heterocycles. The molecule has 0 aromatic heterocycles. The van der Waals surface area contributed by atoms with Crippen LogP contribution in [0.25, 0.3) is 0 Å². The molecule has 0 aliphatic carbocycles. The maximum Gasteiger partial charge on any atom is 0.156 e. The van der Waals surface area contributed by atoms with Crippen LogP contribution >= 0.6 is 0 Å². The van der Waals surface area contributed by atoms with E-state index in [4.69, 9.17) is 19.7 Å². The predicted molar refractivity (Wildman–Crippen MR) is 89.8 cm³/mol. The third kappa shape index (κ3) is 14.7. The summed E-state index contributed by atoms with van der Waals surface area (Å²) in [6, 6.07) is 0. The highest BCUT2D eigenvalue weighted by molar-refractivity contribution is 4.80. The summed E-state index contributed by atoms with van der Waals surface area (Å²) in [6.45, 7) is 8.12. The molecule has 1 aliphatic rings. The van der Waals surface area contributed by atoms with E-state index in [-0.39, 0.29) is 19.6 Å². The number of rotatable bonds is 8. The van der Waals surface area contributed by atoms with Crippen LogP contribution < -0.4 is 0 Å². The van der Waals surface area contributed by atoms with Crippen molar-refractivity contribution in [2.24, 2.45) is 0 Å². The molecule has 5 nitrogen and oxygen atoms in total. The second-order valence-corrected chi connectivity index (χ2v) is 6.18. The lowest BCUT2D eigenvalue weighted by Crippen LogP contribution is -2.34. The van der Waals surface area contributed by atoms with Crippen LogP contribution in [-0.4, -0.2) is 52.6 Å². The molecule has 3 unspecified atom stereocenters. The molecule has 0 radical (unpaired) electrons. The second kappa shape index (κ2) is 13.3. The van der Waals surface area contributed by atoms with Gasteiger partial charge in [-0.15, -0.1) is 0 Å². The van der Waals surface area contributed by atoms with Gasteiger partial charge in [-0.1, -0.05) is 40.0 Å². The van der Waals surface area contributed by atoms with E-state index >= 15 is 0 Å². The Bertz CT molecular complexity index is 232. The van der Waals surface area contributed by atoms with Crippen LogP contribution in [0.2, 0.25) is 0 Å². The molecule has 0 saturated carbocycles. The molecule has 0 amide bonds. The van der Waals surface area contributed by atoms with E-state index in [1.54, 1.807) is 6.92 Å². The average molecular weight is 322 g/mol. The molecule has 1 fully saturated rings. The van der Waals surface area contributed by atoms with Crippen molar-refractivity contribution < 1.29 is 24.8 Å². The van der Waals surface area contributed by atoms with Gasteiger partial charge in [0, 0.05) is 13.2 Å². The predicted octanol–water partition coefficient (Wildman–Crippen LogP) is 2.85. The van der Waals surface area contributed by atoms with Gasteiger partial charge in [0.25, 0.3) is 0 Å². The summed E-state index contributed by atoms with van der Waals surface area (Å²) >= 11 is 0. The zero-order chi connectivity index (χ0) is 16.3. The maximum atomic E-state index is 9.49. The van der Waals surface area contributed by atoms with Gasteiger partial charge in [-0.05, 0) is 33.6 Å². The lowest BCUT2D eigenvalue weighted by molar-refractivity contribution is -0.127. The summed E-state index contributed by atoms with van der Waals surface area (Å²) < 4.78 is 11.2. The fraction of sp³-hybridized carbons (Fsp3) is 1.00. The Hall–Kier alpha value is -0.200. The Kier molecular flexibility index (Phi) is 14.5. The van der Waals surface area contributed by atoms with Crippen molar-refractivity contribution in [3.63, 3.8) is 0 Å². The topological polar surface area (TPSA) is 79.2 Å². The normalized spacial score (nSPS) is 22.5. The lowest BCUT2D eigenvalue weighted by atomic mass is 10.1. The summed E-state index contributed by atoms with van der Waals surface area (Å²) in [5.41, 5.74) is 0. The number of hydrogen-bond donors (Lipinski definition) is 3. The van der Waals surface area contributed by atoms with Crippen molar-refractivity contribution >= 4 is 0 Å². The van der Waals surface area contributed by atoms with Crippen LogP contribution in [0.15, 0.2) is 0 Å². The molecule has 1 aliphatic heterocycles. The van der Waals surface area contributed by atoms with E-state index < -0.39 is 11.9 Å². The molecule has 22 heavy (non-hydrogen) atoms. The summed E-state index contributed by atoms with van der Waals surface area (Å²) in [5.74, 6) is -1.50.